The number of imidazole rings is 1. The molecule has 1 aliphatic rings. The third kappa shape index (κ3) is 3.87. The van der Waals surface area contributed by atoms with Gasteiger partial charge in [0, 0.05) is 34.6 Å². The normalized spacial score (nSPS) is 16.4. The summed E-state index contributed by atoms with van der Waals surface area (Å²) in [4.78, 5) is 9.46. The van der Waals surface area contributed by atoms with Crippen molar-refractivity contribution in [3.63, 3.8) is 0 Å². The molecule has 29 heavy (non-hydrogen) atoms. The predicted molar refractivity (Wildman–Crippen MR) is 111 cm³/mol. The van der Waals surface area contributed by atoms with E-state index in [0.717, 1.165) is 39.7 Å². The molecule has 1 aliphatic heterocycles. The summed E-state index contributed by atoms with van der Waals surface area (Å²) >= 11 is 6.21. The van der Waals surface area contributed by atoms with Crippen LogP contribution < -0.4 is 4.74 Å². The quantitative estimate of drug-likeness (QED) is 0.614. The van der Waals surface area contributed by atoms with Gasteiger partial charge in [-0.05, 0) is 44.2 Å². The lowest BCUT2D eigenvalue weighted by molar-refractivity contribution is 0.0355. The number of rotatable bonds is 4. The Labute approximate surface area is 174 Å². The standard InChI is InChI=1S/C22H23ClFN3O2/c1-13-8-16(9-14(2)25-13)21-19-6-7-29-17(11-24)12-27(19)22(26-21)15-4-5-18(23)20(10-15)28-3/h4-5,8-10,17H,6-7,11-12H2,1-3H3. The fourth-order valence-corrected chi connectivity index (χ4v) is 4.02. The number of methoxy groups -OCH3 is 1. The molecule has 0 amide bonds. The number of alkyl halides is 1. The second-order valence-electron chi connectivity index (χ2n) is 7.23. The van der Waals surface area contributed by atoms with Crippen LogP contribution in [-0.4, -0.2) is 41.0 Å². The van der Waals surface area contributed by atoms with Gasteiger partial charge in [-0.15, -0.1) is 0 Å². The summed E-state index contributed by atoms with van der Waals surface area (Å²) in [5.41, 5.74) is 5.65. The van der Waals surface area contributed by atoms with Gasteiger partial charge < -0.3 is 14.0 Å². The van der Waals surface area contributed by atoms with E-state index >= 15 is 0 Å². The Balaban J connectivity index is 1.92. The summed E-state index contributed by atoms with van der Waals surface area (Å²) in [6.45, 7) is 4.27. The van der Waals surface area contributed by atoms with Gasteiger partial charge >= 0.3 is 0 Å². The molecule has 0 saturated carbocycles. The van der Waals surface area contributed by atoms with Gasteiger partial charge in [0.05, 0.1) is 31.0 Å². The van der Waals surface area contributed by atoms with Gasteiger partial charge in [-0.2, -0.15) is 0 Å². The summed E-state index contributed by atoms with van der Waals surface area (Å²) in [6, 6.07) is 9.61. The summed E-state index contributed by atoms with van der Waals surface area (Å²) < 4.78 is 26.6. The van der Waals surface area contributed by atoms with Gasteiger partial charge in [0.1, 0.15) is 24.4 Å². The Bertz CT molecular complexity index is 1030. The number of hydrogen-bond donors (Lipinski definition) is 0. The fraction of sp³-hybridized carbons (Fsp3) is 0.364. The number of fused-ring (bicyclic) bond motifs is 1. The van der Waals surface area contributed by atoms with Crippen molar-refractivity contribution in [2.24, 2.45) is 0 Å². The molecular formula is C22H23ClFN3O2. The Morgan fingerprint density at radius 1 is 1.17 bits per heavy atom. The molecule has 0 aliphatic carbocycles. The topological polar surface area (TPSA) is 49.2 Å². The average molecular weight is 416 g/mol. The molecule has 0 N–H and O–H groups in total. The number of nitrogens with zero attached hydrogens (tertiary/aromatic N) is 3. The van der Waals surface area contributed by atoms with E-state index in [2.05, 4.69) is 9.55 Å². The molecule has 3 heterocycles. The van der Waals surface area contributed by atoms with E-state index in [4.69, 9.17) is 26.1 Å². The van der Waals surface area contributed by atoms with Crippen molar-refractivity contribution in [2.75, 3.05) is 20.4 Å². The SMILES string of the molecule is COc1cc(-c2nc(-c3cc(C)nc(C)c3)c3n2CC(CF)OCC3)ccc1Cl. The highest BCUT2D eigenvalue weighted by molar-refractivity contribution is 6.32. The van der Waals surface area contributed by atoms with Crippen molar-refractivity contribution in [3.8, 4) is 28.4 Å². The molecule has 152 valence electrons. The van der Waals surface area contributed by atoms with Crippen LogP contribution in [0.3, 0.4) is 0 Å². The number of halogens is 2. The van der Waals surface area contributed by atoms with Crippen LogP contribution in [0.1, 0.15) is 17.1 Å². The Morgan fingerprint density at radius 2 is 1.93 bits per heavy atom. The third-order valence-electron chi connectivity index (χ3n) is 5.09. The van der Waals surface area contributed by atoms with E-state index < -0.39 is 12.8 Å². The molecule has 0 spiro atoms. The lowest BCUT2D eigenvalue weighted by atomic mass is 10.1. The molecule has 4 rings (SSSR count). The maximum atomic E-state index is 13.5. The highest BCUT2D eigenvalue weighted by atomic mass is 35.5. The van der Waals surface area contributed by atoms with Gasteiger partial charge in [0.25, 0.3) is 0 Å². The highest BCUT2D eigenvalue weighted by Crippen LogP contribution is 2.35. The number of pyridine rings is 1. The fourth-order valence-electron chi connectivity index (χ4n) is 3.83. The zero-order valence-corrected chi connectivity index (χ0v) is 17.5. The first kappa shape index (κ1) is 19.9. The predicted octanol–water partition coefficient (Wildman–Crippen LogP) is 4.80. The Kier molecular flexibility index (Phi) is 5.56. The van der Waals surface area contributed by atoms with Gasteiger partial charge in [-0.1, -0.05) is 11.6 Å². The molecule has 0 saturated heterocycles. The minimum Gasteiger partial charge on any atom is -0.495 e. The van der Waals surface area contributed by atoms with Gasteiger partial charge in [-0.25, -0.2) is 9.37 Å². The maximum absolute atomic E-state index is 13.5. The van der Waals surface area contributed by atoms with Crippen LogP contribution in [0.4, 0.5) is 4.39 Å². The highest BCUT2D eigenvalue weighted by Gasteiger charge is 2.26. The minimum atomic E-state index is -0.538. The molecule has 1 unspecified atom stereocenters. The molecule has 0 radical (unpaired) electrons. The summed E-state index contributed by atoms with van der Waals surface area (Å²) in [5, 5.41) is 0.532. The van der Waals surface area contributed by atoms with E-state index in [1.807, 2.05) is 38.1 Å². The lowest BCUT2D eigenvalue weighted by Crippen LogP contribution is -2.21. The molecule has 0 fully saturated rings. The molecule has 1 aromatic carbocycles. The zero-order chi connectivity index (χ0) is 20.5. The van der Waals surface area contributed by atoms with Crippen molar-refractivity contribution in [3.05, 3.63) is 52.4 Å². The van der Waals surface area contributed by atoms with Gasteiger partial charge in [0.15, 0.2) is 0 Å². The molecule has 1 atom stereocenters. The van der Waals surface area contributed by atoms with E-state index in [9.17, 15) is 4.39 Å². The number of benzene rings is 1. The molecule has 5 nitrogen and oxygen atoms in total. The number of hydrogen-bond acceptors (Lipinski definition) is 4. The molecular weight excluding hydrogens is 393 g/mol. The van der Waals surface area contributed by atoms with Crippen LogP contribution in [0.2, 0.25) is 5.02 Å². The van der Waals surface area contributed by atoms with Crippen LogP contribution in [0.25, 0.3) is 22.6 Å². The average Bonchev–Trinajstić information content (AvgIpc) is 2.91. The second kappa shape index (κ2) is 8.13. The summed E-state index contributed by atoms with van der Waals surface area (Å²) in [6.07, 6.45) is 0.163. The number of ether oxygens (including phenoxy) is 2. The summed E-state index contributed by atoms with van der Waals surface area (Å²) in [5.74, 6) is 1.33. The van der Waals surface area contributed by atoms with Crippen LogP contribution >= 0.6 is 11.6 Å². The van der Waals surface area contributed by atoms with Gasteiger partial charge in [0.2, 0.25) is 0 Å². The number of aryl methyl sites for hydroxylation is 2. The number of aromatic nitrogens is 3. The van der Waals surface area contributed by atoms with E-state index in [0.29, 0.717) is 30.3 Å². The summed E-state index contributed by atoms with van der Waals surface area (Å²) in [7, 11) is 1.58. The van der Waals surface area contributed by atoms with Crippen molar-refractivity contribution < 1.29 is 13.9 Å². The van der Waals surface area contributed by atoms with Crippen LogP contribution in [0, 0.1) is 13.8 Å². The maximum Gasteiger partial charge on any atom is 0.141 e. The molecule has 2 aromatic heterocycles. The first-order valence-corrected chi connectivity index (χ1v) is 9.94. The van der Waals surface area contributed by atoms with Crippen LogP contribution in [0.15, 0.2) is 30.3 Å². The van der Waals surface area contributed by atoms with Crippen molar-refractivity contribution >= 4 is 11.6 Å². The van der Waals surface area contributed by atoms with Crippen LogP contribution in [-0.2, 0) is 17.7 Å². The monoisotopic (exact) mass is 415 g/mol. The smallest absolute Gasteiger partial charge is 0.141 e. The molecule has 7 heteroatoms. The Hall–Kier alpha value is -2.44. The van der Waals surface area contributed by atoms with E-state index in [1.165, 1.54) is 0 Å². The van der Waals surface area contributed by atoms with Crippen molar-refractivity contribution in [2.45, 2.75) is 32.9 Å². The first-order valence-electron chi connectivity index (χ1n) is 9.56. The second-order valence-corrected chi connectivity index (χ2v) is 7.63. The minimum absolute atomic E-state index is 0.405. The third-order valence-corrected chi connectivity index (χ3v) is 5.40. The van der Waals surface area contributed by atoms with E-state index in [-0.39, 0.29) is 0 Å². The van der Waals surface area contributed by atoms with E-state index in [1.54, 1.807) is 13.2 Å². The molecule has 0 bridgehead atoms. The largest absolute Gasteiger partial charge is 0.495 e. The van der Waals surface area contributed by atoms with Gasteiger partial charge in [-0.3, -0.25) is 4.98 Å². The first-order chi connectivity index (χ1) is 14.0. The lowest BCUT2D eigenvalue weighted by Gasteiger charge is -2.14. The zero-order valence-electron chi connectivity index (χ0n) is 16.7. The van der Waals surface area contributed by atoms with Crippen LogP contribution in [0.5, 0.6) is 5.75 Å². The van der Waals surface area contributed by atoms with Crippen molar-refractivity contribution in [1.82, 2.24) is 14.5 Å². The molecule has 3 aromatic rings. The Morgan fingerprint density at radius 3 is 2.62 bits per heavy atom. The van der Waals surface area contributed by atoms with Crippen molar-refractivity contribution in [1.29, 1.82) is 0 Å².